The summed E-state index contributed by atoms with van der Waals surface area (Å²) in [4.78, 5) is 33.0. The van der Waals surface area contributed by atoms with Gasteiger partial charge in [0.05, 0.1) is 27.5 Å². The van der Waals surface area contributed by atoms with Crippen molar-refractivity contribution in [2.24, 2.45) is 0 Å². The molecule has 2 amide bonds. The monoisotopic (exact) mass is 451 g/mol. The lowest BCUT2D eigenvalue weighted by Gasteiger charge is -2.23. The number of benzene rings is 2. The van der Waals surface area contributed by atoms with Gasteiger partial charge in [0.15, 0.2) is 5.13 Å². The molecule has 1 saturated heterocycles. The minimum absolute atomic E-state index is 0.0602. The van der Waals surface area contributed by atoms with Crippen molar-refractivity contribution in [1.29, 1.82) is 0 Å². The molecule has 29 heavy (non-hydrogen) atoms. The predicted octanol–water partition coefficient (Wildman–Crippen LogP) is 4.81. The molecule has 4 rings (SSSR count). The summed E-state index contributed by atoms with van der Waals surface area (Å²) in [5, 5.41) is 0.477. The number of hydrogen-bond acceptors (Lipinski definition) is 6. The highest BCUT2D eigenvalue weighted by atomic mass is 32.2. The molecule has 1 aromatic heterocycles. The van der Waals surface area contributed by atoms with Crippen LogP contribution in [-0.4, -0.2) is 45.6 Å². The van der Waals surface area contributed by atoms with Gasteiger partial charge in [-0.15, -0.1) is 11.8 Å². The van der Waals surface area contributed by atoms with Crippen molar-refractivity contribution in [2.45, 2.75) is 10.7 Å². The minimum Gasteiger partial charge on any atom is -0.323 e. The van der Waals surface area contributed by atoms with E-state index in [4.69, 9.17) is 0 Å². The topological polar surface area (TPSA) is 53.5 Å². The highest BCUT2D eigenvalue weighted by molar-refractivity contribution is 8.00. The Balaban J connectivity index is 1.68. The van der Waals surface area contributed by atoms with Crippen molar-refractivity contribution >= 4 is 67.7 Å². The van der Waals surface area contributed by atoms with Crippen LogP contribution in [0.1, 0.15) is 0 Å². The summed E-state index contributed by atoms with van der Waals surface area (Å²) in [7, 11) is 0. The van der Waals surface area contributed by atoms with Crippen molar-refractivity contribution in [3.63, 3.8) is 0 Å². The van der Waals surface area contributed by atoms with Crippen molar-refractivity contribution in [2.75, 3.05) is 23.1 Å². The standard InChI is InChI=1S/C19H15F2N3O2S3/c20-18(21)28-13-7-5-12(6-8-13)24(16(25)9-23-11-27-10-17(23)26)19-22-14-3-1-2-4-15(14)29-19/h1-8,18H,9-11H2. The number of nitrogens with zero attached hydrogens (tertiary/aromatic N) is 3. The van der Waals surface area contributed by atoms with Crippen LogP contribution in [0.3, 0.4) is 0 Å². The maximum Gasteiger partial charge on any atom is 0.288 e. The first kappa shape index (κ1) is 20.1. The Hall–Kier alpha value is -2.17. The molecule has 0 radical (unpaired) electrons. The molecule has 0 N–H and O–H groups in total. The molecule has 3 aromatic rings. The summed E-state index contributed by atoms with van der Waals surface area (Å²) in [5.41, 5.74) is 1.29. The number of aromatic nitrogens is 1. The average molecular weight is 452 g/mol. The van der Waals surface area contributed by atoms with Gasteiger partial charge in [0.2, 0.25) is 5.91 Å². The van der Waals surface area contributed by atoms with Crippen molar-refractivity contribution in [3.05, 3.63) is 48.5 Å². The molecule has 1 aliphatic rings. The quantitative estimate of drug-likeness (QED) is 0.504. The van der Waals surface area contributed by atoms with E-state index in [2.05, 4.69) is 4.98 Å². The van der Waals surface area contributed by atoms with Gasteiger partial charge in [0, 0.05) is 4.90 Å². The fourth-order valence-corrected chi connectivity index (χ4v) is 5.27. The smallest absolute Gasteiger partial charge is 0.288 e. The van der Waals surface area contributed by atoms with E-state index < -0.39 is 5.76 Å². The number of carbonyl (C=O) groups is 2. The molecule has 0 bridgehead atoms. The number of thioether (sulfide) groups is 2. The van der Waals surface area contributed by atoms with Crippen LogP contribution < -0.4 is 4.90 Å². The number of rotatable bonds is 6. The van der Waals surface area contributed by atoms with Gasteiger partial charge in [-0.2, -0.15) is 8.78 Å². The fourth-order valence-electron chi connectivity index (χ4n) is 2.87. The Bertz CT molecular complexity index is 1010. The minimum atomic E-state index is -2.51. The molecule has 0 atom stereocenters. The van der Waals surface area contributed by atoms with Gasteiger partial charge in [-0.25, -0.2) is 4.98 Å². The van der Waals surface area contributed by atoms with Gasteiger partial charge in [-0.1, -0.05) is 35.2 Å². The molecule has 0 unspecified atom stereocenters. The first-order chi connectivity index (χ1) is 14.0. The number of para-hydroxylation sites is 1. The molecule has 2 heterocycles. The summed E-state index contributed by atoms with van der Waals surface area (Å²) < 4.78 is 26.1. The summed E-state index contributed by atoms with van der Waals surface area (Å²) in [6.07, 6.45) is 0. The Morgan fingerprint density at radius 2 is 1.97 bits per heavy atom. The summed E-state index contributed by atoms with van der Waals surface area (Å²) in [6.45, 7) is -0.0602. The summed E-state index contributed by atoms with van der Waals surface area (Å²) in [6, 6.07) is 13.9. The van der Waals surface area contributed by atoms with E-state index in [0.717, 1.165) is 10.2 Å². The van der Waals surface area contributed by atoms with Crippen LogP contribution >= 0.6 is 34.9 Å². The van der Waals surface area contributed by atoms with Gasteiger partial charge in [0.1, 0.15) is 6.54 Å². The second-order valence-corrected chi connectivity index (χ2v) is 9.16. The SMILES string of the molecule is O=C1CSCN1CC(=O)N(c1ccc(SC(F)F)cc1)c1nc2ccccc2s1. The third-order valence-electron chi connectivity index (χ3n) is 4.19. The van der Waals surface area contributed by atoms with Crippen molar-refractivity contribution in [3.8, 4) is 0 Å². The number of carbonyl (C=O) groups excluding carboxylic acids is 2. The fraction of sp³-hybridized carbons (Fsp3) is 0.211. The molecule has 0 saturated carbocycles. The molecule has 0 aliphatic carbocycles. The lowest BCUT2D eigenvalue weighted by molar-refractivity contribution is -0.131. The van der Waals surface area contributed by atoms with E-state index in [1.807, 2.05) is 24.3 Å². The number of thiazole rings is 1. The zero-order valence-corrected chi connectivity index (χ0v) is 17.4. The largest absolute Gasteiger partial charge is 0.323 e. The van der Waals surface area contributed by atoms with E-state index >= 15 is 0 Å². The molecule has 0 spiro atoms. The Kier molecular flexibility index (Phi) is 6.02. The normalized spacial score (nSPS) is 14.2. The van der Waals surface area contributed by atoms with Gasteiger partial charge >= 0.3 is 0 Å². The number of fused-ring (bicyclic) bond motifs is 1. The number of halogens is 2. The maximum absolute atomic E-state index is 13.1. The third-order valence-corrected chi connectivity index (χ3v) is 6.88. The highest BCUT2D eigenvalue weighted by Gasteiger charge is 2.28. The second-order valence-electron chi connectivity index (χ2n) is 6.13. The van der Waals surface area contributed by atoms with Crippen molar-refractivity contribution in [1.82, 2.24) is 9.88 Å². The van der Waals surface area contributed by atoms with Crippen LogP contribution in [0.25, 0.3) is 10.2 Å². The van der Waals surface area contributed by atoms with Gasteiger partial charge in [0.25, 0.3) is 11.7 Å². The predicted molar refractivity (Wildman–Crippen MR) is 114 cm³/mol. The zero-order chi connectivity index (χ0) is 20.4. The lowest BCUT2D eigenvalue weighted by atomic mass is 10.3. The molecule has 2 aromatic carbocycles. The molecule has 1 fully saturated rings. The van der Waals surface area contributed by atoms with Crippen LogP contribution in [0.5, 0.6) is 0 Å². The molecular formula is C19H15F2N3O2S3. The zero-order valence-electron chi connectivity index (χ0n) is 15.0. The van der Waals surface area contributed by atoms with Crippen LogP contribution in [0.15, 0.2) is 53.4 Å². The first-order valence-electron chi connectivity index (χ1n) is 8.60. The Labute approximate surface area is 178 Å². The average Bonchev–Trinajstić information content (AvgIpc) is 3.29. The van der Waals surface area contributed by atoms with Crippen LogP contribution in [0.4, 0.5) is 19.6 Å². The summed E-state index contributed by atoms with van der Waals surface area (Å²) >= 11 is 3.28. The van der Waals surface area contributed by atoms with Gasteiger partial charge < -0.3 is 4.90 Å². The molecular weight excluding hydrogens is 436 g/mol. The Morgan fingerprint density at radius 3 is 2.62 bits per heavy atom. The number of amides is 2. The molecule has 5 nitrogen and oxygen atoms in total. The van der Waals surface area contributed by atoms with E-state index in [-0.39, 0.29) is 18.4 Å². The number of hydrogen-bond donors (Lipinski definition) is 0. The Morgan fingerprint density at radius 1 is 1.21 bits per heavy atom. The highest BCUT2D eigenvalue weighted by Crippen LogP contribution is 2.35. The number of alkyl halides is 2. The molecule has 150 valence electrons. The van der Waals surface area contributed by atoms with Crippen LogP contribution in [-0.2, 0) is 9.59 Å². The van der Waals surface area contributed by atoms with E-state index in [1.54, 1.807) is 24.3 Å². The van der Waals surface area contributed by atoms with Crippen LogP contribution in [0.2, 0.25) is 0 Å². The summed E-state index contributed by atoms with van der Waals surface area (Å²) in [5.74, 6) is -2.04. The first-order valence-corrected chi connectivity index (χ1v) is 11.5. The number of anilines is 2. The van der Waals surface area contributed by atoms with Crippen molar-refractivity contribution < 1.29 is 18.4 Å². The molecule has 10 heteroatoms. The molecule has 1 aliphatic heterocycles. The van der Waals surface area contributed by atoms with E-state index in [1.165, 1.54) is 32.9 Å². The maximum atomic E-state index is 13.1. The van der Waals surface area contributed by atoms with E-state index in [0.29, 0.717) is 39.1 Å². The van der Waals surface area contributed by atoms with Gasteiger partial charge in [-0.3, -0.25) is 14.5 Å². The van der Waals surface area contributed by atoms with Crippen LogP contribution in [0, 0.1) is 0 Å². The lowest BCUT2D eigenvalue weighted by Crippen LogP contribution is -2.39. The second kappa shape index (κ2) is 8.68. The van der Waals surface area contributed by atoms with E-state index in [9.17, 15) is 18.4 Å². The third kappa shape index (κ3) is 4.54. The van der Waals surface area contributed by atoms with Gasteiger partial charge in [-0.05, 0) is 36.4 Å².